The molecule has 1 saturated carbocycles. The van der Waals surface area contributed by atoms with Crippen LogP contribution in [0.15, 0.2) is 24.3 Å². The Hall–Kier alpha value is -1.55. The summed E-state index contributed by atoms with van der Waals surface area (Å²) in [5.41, 5.74) is 1.26. The predicted octanol–water partition coefficient (Wildman–Crippen LogP) is 2.86. The number of nitrogens with one attached hydrogen (secondary N) is 1. The first-order valence-electron chi connectivity index (χ1n) is 8.22. The van der Waals surface area contributed by atoms with E-state index in [0.29, 0.717) is 24.1 Å². The smallest absolute Gasteiger partial charge is 0.257 e. The van der Waals surface area contributed by atoms with Crippen molar-refractivity contribution in [3.63, 3.8) is 0 Å². The molecule has 1 aromatic carbocycles. The molecule has 122 valence electrons. The van der Waals surface area contributed by atoms with Crippen LogP contribution in [0.2, 0.25) is 0 Å². The Labute approximate surface area is 132 Å². The second-order valence-corrected chi connectivity index (χ2v) is 6.50. The van der Waals surface area contributed by atoms with Crippen LogP contribution in [0.5, 0.6) is 5.75 Å². The monoisotopic (exact) mass is 305 g/mol. The Morgan fingerprint density at radius 1 is 1.32 bits per heavy atom. The number of carbonyl (C=O) groups excluding carboxylic acids is 1. The molecule has 0 radical (unpaired) electrons. The van der Waals surface area contributed by atoms with Gasteiger partial charge in [-0.1, -0.05) is 32.4 Å². The molecule has 0 aromatic heterocycles. The lowest BCUT2D eigenvalue weighted by molar-refractivity contribution is -0.123. The zero-order valence-corrected chi connectivity index (χ0v) is 13.5. The van der Waals surface area contributed by atoms with Gasteiger partial charge in [-0.15, -0.1) is 0 Å². The molecule has 4 heteroatoms. The van der Waals surface area contributed by atoms with Crippen molar-refractivity contribution in [1.29, 1.82) is 0 Å². The van der Waals surface area contributed by atoms with Gasteiger partial charge in [-0.3, -0.25) is 4.79 Å². The first kappa shape index (κ1) is 16.8. The molecule has 1 aliphatic rings. The van der Waals surface area contributed by atoms with E-state index in [1.165, 1.54) is 5.56 Å². The van der Waals surface area contributed by atoms with Crippen molar-refractivity contribution < 1.29 is 14.6 Å². The van der Waals surface area contributed by atoms with Gasteiger partial charge < -0.3 is 15.2 Å². The van der Waals surface area contributed by atoms with Gasteiger partial charge in [0.05, 0.1) is 6.10 Å². The fourth-order valence-corrected chi connectivity index (χ4v) is 2.86. The van der Waals surface area contributed by atoms with Crippen LogP contribution in [0.1, 0.15) is 51.0 Å². The second kappa shape index (κ2) is 8.18. The van der Waals surface area contributed by atoms with E-state index in [-0.39, 0.29) is 18.6 Å². The minimum absolute atomic E-state index is 0.0380. The van der Waals surface area contributed by atoms with Crippen LogP contribution in [0.25, 0.3) is 0 Å². The molecule has 0 spiro atoms. The van der Waals surface area contributed by atoms with Crippen molar-refractivity contribution in [3.8, 4) is 5.75 Å². The average molecular weight is 305 g/mol. The van der Waals surface area contributed by atoms with Gasteiger partial charge in [0.1, 0.15) is 5.75 Å². The Bertz CT molecular complexity index is 470. The number of rotatable bonds is 6. The molecule has 0 heterocycles. The molecule has 2 rings (SSSR count). The van der Waals surface area contributed by atoms with E-state index in [0.717, 1.165) is 25.7 Å². The van der Waals surface area contributed by atoms with Gasteiger partial charge in [-0.2, -0.15) is 0 Å². The molecule has 2 unspecified atom stereocenters. The summed E-state index contributed by atoms with van der Waals surface area (Å²) >= 11 is 0. The maximum atomic E-state index is 11.8. The van der Waals surface area contributed by atoms with Gasteiger partial charge >= 0.3 is 0 Å². The molecule has 4 nitrogen and oxygen atoms in total. The van der Waals surface area contributed by atoms with Crippen LogP contribution in [-0.4, -0.2) is 30.3 Å². The Morgan fingerprint density at radius 3 is 2.68 bits per heavy atom. The summed E-state index contributed by atoms with van der Waals surface area (Å²) in [7, 11) is 0. The van der Waals surface area contributed by atoms with Crippen molar-refractivity contribution in [2.75, 3.05) is 13.2 Å². The Kier molecular flexibility index (Phi) is 6.25. The fourth-order valence-electron chi connectivity index (χ4n) is 2.86. The van der Waals surface area contributed by atoms with Crippen molar-refractivity contribution in [3.05, 3.63) is 29.8 Å². The third-order valence-electron chi connectivity index (χ3n) is 4.26. The van der Waals surface area contributed by atoms with Crippen LogP contribution >= 0.6 is 0 Å². The van der Waals surface area contributed by atoms with E-state index in [1.54, 1.807) is 0 Å². The molecule has 0 saturated heterocycles. The number of hydrogen-bond acceptors (Lipinski definition) is 3. The highest BCUT2D eigenvalue weighted by Crippen LogP contribution is 2.23. The Morgan fingerprint density at radius 2 is 2.05 bits per heavy atom. The summed E-state index contributed by atoms with van der Waals surface area (Å²) < 4.78 is 5.50. The number of carbonyl (C=O) groups is 1. The maximum Gasteiger partial charge on any atom is 0.257 e. The SMILES string of the molecule is CC(C)c1ccc(OCC(=O)NCC2CCCC(O)C2)cc1. The van der Waals surface area contributed by atoms with Gasteiger partial charge in [0.2, 0.25) is 0 Å². The summed E-state index contributed by atoms with van der Waals surface area (Å²) in [6, 6.07) is 7.86. The van der Waals surface area contributed by atoms with Gasteiger partial charge in [-0.25, -0.2) is 0 Å². The first-order chi connectivity index (χ1) is 10.5. The topological polar surface area (TPSA) is 58.6 Å². The lowest BCUT2D eigenvalue weighted by Crippen LogP contribution is -2.35. The maximum absolute atomic E-state index is 11.8. The normalized spacial score (nSPS) is 21.6. The van der Waals surface area contributed by atoms with Crippen LogP contribution in [-0.2, 0) is 4.79 Å². The van der Waals surface area contributed by atoms with Crippen LogP contribution in [0.3, 0.4) is 0 Å². The molecule has 0 aliphatic heterocycles. The highest BCUT2D eigenvalue weighted by atomic mass is 16.5. The molecule has 0 bridgehead atoms. The van der Waals surface area contributed by atoms with Gasteiger partial charge in [-0.05, 0) is 48.8 Å². The summed E-state index contributed by atoms with van der Waals surface area (Å²) in [6.07, 6.45) is 3.60. The van der Waals surface area contributed by atoms with Gasteiger partial charge in [0.15, 0.2) is 6.61 Å². The average Bonchev–Trinajstić information content (AvgIpc) is 2.51. The minimum atomic E-state index is -0.202. The van der Waals surface area contributed by atoms with Crippen LogP contribution < -0.4 is 10.1 Å². The van der Waals surface area contributed by atoms with Crippen molar-refractivity contribution in [1.82, 2.24) is 5.32 Å². The molecule has 1 fully saturated rings. The largest absolute Gasteiger partial charge is 0.484 e. The minimum Gasteiger partial charge on any atom is -0.484 e. The van der Waals surface area contributed by atoms with Crippen LogP contribution in [0, 0.1) is 5.92 Å². The number of aliphatic hydroxyl groups excluding tert-OH is 1. The number of hydrogen-bond donors (Lipinski definition) is 2. The van der Waals surface area contributed by atoms with E-state index in [4.69, 9.17) is 4.74 Å². The number of amides is 1. The predicted molar refractivity (Wildman–Crippen MR) is 87.0 cm³/mol. The Balaban J connectivity index is 1.68. The van der Waals surface area contributed by atoms with Crippen molar-refractivity contribution in [2.24, 2.45) is 5.92 Å². The molecule has 1 aromatic rings. The number of aliphatic hydroxyl groups is 1. The van der Waals surface area contributed by atoms with Crippen molar-refractivity contribution in [2.45, 2.75) is 51.6 Å². The quantitative estimate of drug-likeness (QED) is 0.849. The molecule has 1 amide bonds. The van der Waals surface area contributed by atoms with Gasteiger partial charge in [0.25, 0.3) is 5.91 Å². The van der Waals surface area contributed by atoms with Crippen LogP contribution in [0.4, 0.5) is 0 Å². The summed E-state index contributed by atoms with van der Waals surface area (Å²) in [5, 5.41) is 12.5. The number of benzene rings is 1. The lowest BCUT2D eigenvalue weighted by Gasteiger charge is -2.25. The molecule has 2 N–H and O–H groups in total. The fraction of sp³-hybridized carbons (Fsp3) is 0.611. The highest BCUT2D eigenvalue weighted by molar-refractivity contribution is 5.77. The molecular formula is C18H27NO3. The highest BCUT2D eigenvalue weighted by Gasteiger charge is 2.20. The third kappa shape index (κ3) is 5.34. The standard InChI is InChI=1S/C18H27NO3/c1-13(2)15-6-8-17(9-7-15)22-12-18(21)19-11-14-4-3-5-16(20)10-14/h6-9,13-14,16,20H,3-5,10-12H2,1-2H3,(H,19,21). The van der Waals surface area contributed by atoms with E-state index in [1.807, 2.05) is 24.3 Å². The molecule has 2 atom stereocenters. The van der Waals surface area contributed by atoms with E-state index in [9.17, 15) is 9.90 Å². The number of ether oxygens (including phenoxy) is 1. The zero-order chi connectivity index (χ0) is 15.9. The summed E-state index contributed by atoms with van der Waals surface area (Å²) in [6.45, 7) is 4.96. The molecule has 22 heavy (non-hydrogen) atoms. The summed E-state index contributed by atoms with van der Waals surface area (Å²) in [5.74, 6) is 1.49. The van der Waals surface area contributed by atoms with E-state index < -0.39 is 0 Å². The summed E-state index contributed by atoms with van der Waals surface area (Å²) in [4.78, 5) is 11.8. The lowest BCUT2D eigenvalue weighted by atomic mass is 9.87. The van der Waals surface area contributed by atoms with Crippen molar-refractivity contribution >= 4 is 5.91 Å². The van der Waals surface area contributed by atoms with Gasteiger partial charge in [0, 0.05) is 6.54 Å². The molecular weight excluding hydrogens is 278 g/mol. The molecule has 1 aliphatic carbocycles. The van der Waals surface area contributed by atoms with E-state index in [2.05, 4.69) is 19.2 Å². The first-order valence-corrected chi connectivity index (χ1v) is 8.22. The zero-order valence-electron chi connectivity index (χ0n) is 13.5. The third-order valence-corrected chi connectivity index (χ3v) is 4.26. The second-order valence-electron chi connectivity index (χ2n) is 6.50. The van der Waals surface area contributed by atoms with E-state index >= 15 is 0 Å².